The molecule has 6 heteroatoms. The van der Waals surface area contributed by atoms with Gasteiger partial charge in [-0.3, -0.25) is 4.79 Å². The Hall–Kier alpha value is -1.66. The summed E-state index contributed by atoms with van der Waals surface area (Å²) in [4.78, 5) is 15.6. The van der Waals surface area contributed by atoms with Crippen LogP contribution in [0.25, 0.3) is 6.08 Å². The molecule has 2 nitrogen and oxygen atoms in total. The fourth-order valence-corrected chi connectivity index (χ4v) is 5.98. The van der Waals surface area contributed by atoms with Crippen molar-refractivity contribution in [2.45, 2.75) is 31.9 Å². The molecule has 0 bridgehead atoms. The van der Waals surface area contributed by atoms with Crippen LogP contribution >= 0.6 is 23.1 Å². The Morgan fingerprint density at radius 3 is 2.92 bits per heavy atom. The van der Waals surface area contributed by atoms with Crippen molar-refractivity contribution in [2.24, 2.45) is 5.92 Å². The van der Waals surface area contributed by atoms with Gasteiger partial charge in [-0.2, -0.15) is 0 Å². The Bertz CT molecular complexity index is 888. The third kappa shape index (κ3) is 3.25. The predicted octanol–water partition coefficient (Wildman–Crippen LogP) is 5.38. The molecule has 2 aliphatic rings. The topological polar surface area (TPSA) is 29.1 Å². The number of amides is 1. The van der Waals surface area contributed by atoms with Crippen molar-refractivity contribution < 1.29 is 13.6 Å². The molecular weight excluding hydrogens is 360 g/mol. The standard InChI is InChI=1S/C19H17F2NOS2/c1-10-2-4-12-13-9-24-18(8-17(13)25-16(12)6-10)19(23)22-15-5-3-11(20)7-14(15)21/h3,5,7-8,10H,2,4,6,9H2,1H3,(H,22,23)/t10-/m1/s1. The van der Waals surface area contributed by atoms with E-state index in [9.17, 15) is 13.6 Å². The first-order valence-electron chi connectivity index (χ1n) is 8.25. The minimum atomic E-state index is -0.768. The van der Waals surface area contributed by atoms with Gasteiger partial charge in [-0.15, -0.1) is 23.1 Å². The third-order valence-corrected chi connectivity index (χ3v) is 6.98. The molecule has 0 radical (unpaired) electrons. The van der Waals surface area contributed by atoms with Gasteiger partial charge in [-0.05, 0) is 54.5 Å². The van der Waals surface area contributed by atoms with Crippen LogP contribution in [0.3, 0.4) is 0 Å². The highest BCUT2D eigenvalue weighted by molar-refractivity contribution is 8.03. The second kappa shape index (κ2) is 6.57. The molecule has 1 aromatic heterocycles. The summed E-state index contributed by atoms with van der Waals surface area (Å²) in [6.07, 6.45) is 5.38. The van der Waals surface area contributed by atoms with Crippen LogP contribution in [0.2, 0.25) is 0 Å². The van der Waals surface area contributed by atoms with E-state index >= 15 is 0 Å². The smallest absolute Gasteiger partial charge is 0.262 e. The Kier molecular flexibility index (Phi) is 4.41. The molecule has 4 rings (SSSR count). The van der Waals surface area contributed by atoms with Gasteiger partial charge in [0.05, 0.1) is 10.6 Å². The maximum atomic E-state index is 13.7. The molecule has 2 heterocycles. The van der Waals surface area contributed by atoms with Gasteiger partial charge in [-0.1, -0.05) is 6.92 Å². The predicted molar refractivity (Wildman–Crippen MR) is 99.8 cm³/mol. The van der Waals surface area contributed by atoms with Gasteiger partial charge < -0.3 is 5.32 Å². The number of fused-ring (bicyclic) bond motifs is 3. The van der Waals surface area contributed by atoms with Gasteiger partial charge >= 0.3 is 0 Å². The summed E-state index contributed by atoms with van der Waals surface area (Å²) in [5, 5.41) is 2.54. The largest absolute Gasteiger partial charge is 0.319 e. The molecule has 0 saturated heterocycles. The number of hydrogen-bond donors (Lipinski definition) is 1. The molecule has 1 N–H and O–H groups in total. The minimum Gasteiger partial charge on any atom is -0.319 e. The Labute approximate surface area is 153 Å². The van der Waals surface area contributed by atoms with Gasteiger partial charge in [0, 0.05) is 21.6 Å². The second-order valence-electron chi connectivity index (χ2n) is 6.57. The minimum absolute atomic E-state index is 0.00186. The molecule has 0 unspecified atom stereocenters. The van der Waals surface area contributed by atoms with Gasteiger partial charge in [0.25, 0.3) is 5.91 Å². The van der Waals surface area contributed by atoms with Crippen molar-refractivity contribution in [3.8, 4) is 0 Å². The average molecular weight is 377 g/mol. The quantitative estimate of drug-likeness (QED) is 0.761. The van der Waals surface area contributed by atoms with Crippen LogP contribution in [-0.2, 0) is 23.4 Å². The molecule has 130 valence electrons. The Balaban J connectivity index is 1.58. The summed E-state index contributed by atoms with van der Waals surface area (Å²) in [5.74, 6) is -0.282. The molecule has 25 heavy (non-hydrogen) atoms. The Morgan fingerprint density at radius 2 is 2.12 bits per heavy atom. The zero-order valence-corrected chi connectivity index (χ0v) is 15.3. The summed E-state index contributed by atoms with van der Waals surface area (Å²) in [7, 11) is 0. The molecular formula is C19H17F2NOS2. The lowest BCUT2D eigenvalue weighted by atomic mass is 9.88. The molecule has 0 fully saturated rings. The fourth-order valence-electron chi connectivity index (χ4n) is 3.33. The average Bonchev–Trinajstić information content (AvgIpc) is 2.93. The number of rotatable bonds is 2. The van der Waals surface area contributed by atoms with Crippen LogP contribution in [0.5, 0.6) is 0 Å². The lowest BCUT2D eigenvalue weighted by Gasteiger charge is -2.20. The molecule has 1 aliphatic carbocycles. The highest BCUT2D eigenvalue weighted by atomic mass is 32.2. The van der Waals surface area contributed by atoms with Crippen LogP contribution in [0, 0.1) is 17.6 Å². The molecule has 0 saturated carbocycles. The number of anilines is 1. The molecule has 2 aromatic rings. The van der Waals surface area contributed by atoms with Crippen molar-refractivity contribution in [1.82, 2.24) is 0 Å². The van der Waals surface area contributed by atoms with Crippen LogP contribution in [0.15, 0.2) is 23.1 Å². The summed E-state index contributed by atoms with van der Waals surface area (Å²) >= 11 is 3.26. The highest BCUT2D eigenvalue weighted by Crippen LogP contribution is 2.43. The molecule has 1 aliphatic heterocycles. The zero-order valence-electron chi connectivity index (χ0n) is 13.7. The van der Waals surface area contributed by atoms with Crippen molar-refractivity contribution in [3.63, 3.8) is 0 Å². The number of hydrogen-bond acceptors (Lipinski definition) is 3. The Morgan fingerprint density at radius 1 is 1.28 bits per heavy atom. The first-order valence-corrected chi connectivity index (χ1v) is 10.1. The molecule has 1 aromatic carbocycles. The SMILES string of the molecule is C[C@@H]1CCc2c(sc3c2CSC(C(=O)Nc2ccc(F)cc2F)=C3)C1. The highest BCUT2D eigenvalue weighted by Gasteiger charge is 2.27. The summed E-state index contributed by atoms with van der Waals surface area (Å²) < 4.78 is 26.7. The summed E-state index contributed by atoms with van der Waals surface area (Å²) in [6.45, 7) is 2.28. The van der Waals surface area contributed by atoms with E-state index in [-0.39, 0.29) is 11.6 Å². The maximum absolute atomic E-state index is 13.7. The fraction of sp³-hybridized carbons (Fsp3) is 0.316. The first kappa shape index (κ1) is 16.8. The van der Waals surface area contributed by atoms with E-state index in [1.54, 1.807) is 11.3 Å². The zero-order chi connectivity index (χ0) is 17.6. The lowest BCUT2D eigenvalue weighted by Crippen LogP contribution is -2.15. The summed E-state index contributed by atoms with van der Waals surface area (Å²) in [6, 6.07) is 3.14. The third-order valence-electron chi connectivity index (χ3n) is 4.69. The number of thioether (sulfide) groups is 1. The van der Waals surface area contributed by atoms with E-state index in [2.05, 4.69) is 12.2 Å². The van der Waals surface area contributed by atoms with Crippen LogP contribution < -0.4 is 5.32 Å². The van der Waals surface area contributed by atoms with Crippen molar-refractivity contribution >= 4 is 40.8 Å². The number of carbonyl (C=O) groups is 1. The number of nitrogens with one attached hydrogen (secondary N) is 1. The number of benzene rings is 1. The van der Waals surface area contributed by atoms with Crippen molar-refractivity contribution in [2.75, 3.05) is 5.32 Å². The maximum Gasteiger partial charge on any atom is 0.262 e. The van der Waals surface area contributed by atoms with Gasteiger partial charge in [0.2, 0.25) is 0 Å². The number of halogens is 2. The van der Waals surface area contributed by atoms with E-state index < -0.39 is 11.6 Å². The van der Waals surface area contributed by atoms with Crippen LogP contribution in [0.4, 0.5) is 14.5 Å². The molecule has 1 atom stereocenters. The van der Waals surface area contributed by atoms with Crippen molar-refractivity contribution in [3.05, 3.63) is 55.6 Å². The van der Waals surface area contributed by atoms with E-state index in [0.717, 1.165) is 35.6 Å². The number of thiophene rings is 1. The normalized spacial score (nSPS) is 19.0. The van der Waals surface area contributed by atoms with E-state index in [1.807, 2.05) is 6.08 Å². The van der Waals surface area contributed by atoms with Gasteiger partial charge in [0.1, 0.15) is 11.6 Å². The van der Waals surface area contributed by atoms with Crippen LogP contribution in [-0.4, -0.2) is 5.91 Å². The lowest BCUT2D eigenvalue weighted by molar-refractivity contribution is -0.112. The van der Waals surface area contributed by atoms with Gasteiger partial charge in [-0.25, -0.2) is 8.78 Å². The van der Waals surface area contributed by atoms with E-state index in [4.69, 9.17) is 0 Å². The van der Waals surface area contributed by atoms with Crippen LogP contribution in [0.1, 0.15) is 34.2 Å². The van der Waals surface area contributed by atoms with E-state index in [0.29, 0.717) is 10.8 Å². The molecule has 1 amide bonds. The van der Waals surface area contributed by atoms with E-state index in [1.165, 1.54) is 40.3 Å². The molecule has 0 spiro atoms. The summed E-state index contributed by atoms with van der Waals surface area (Å²) in [5.41, 5.74) is 2.84. The monoisotopic (exact) mass is 377 g/mol. The second-order valence-corrected chi connectivity index (χ2v) is 8.72. The van der Waals surface area contributed by atoms with Gasteiger partial charge in [0.15, 0.2) is 0 Å². The first-order chi connectivity index (χ1) is 12.0. The number of carbonyl (C=O) groups excluding carboxylic acids is 1. The van der Waals surface area contributed by atoms with Crippen molar-refractivity contribution in [1.29, 1.82) is 0 Å².